The molecule has 1 aliphatic heterocycles. The summed E-state index contributed by atoms with van der Waals surface area (Å²) in [4.78, 5) is 20.8. The van der Waals surface area contributed by atoms with Gasteiger partial charge in [-0.2, -0.15) is 0 Å². The Morgan fingerprint density at radius 2 is 2.00 bits per heavy atom. The number of carbonyl (C=O) groups excluding carboxylic acids is 1. The van der Waals surface area contributed by atoms with Crippen LogP contribution in [0.2, 0.25) is 0 Å². The number of anilines is 2. The summed E-state index contributed by atoms with van der Waals surface area (Å²) in [6.07, 6.45) is 2.19. The van der Waals surface area contributed by atoms with Crippen LogP contribution in [0.15, 0.2) is 35.8 Å². The molecule has 1 aliphatic rings. The van der Waals surface area contributed by atoms with E-state index in [-0.39, 0.29) is 5.91 Å². The normalized spacial score (nSPS) is 15.2. The number of nitrogen functional groups attached to an aromatic ring is 1. The molecule has 1 fully saturated rings. The van der Waals surface area contributed by atoms with Crippen molar-refractivity contribution in [1.29, 1.82) is 0 Å². The number of nitrogens with two attached hydrogens (primary N) is 1. The molecule has 21 heavy (non-hydrogen) atoms. The third-order valence-corrected chi connectivity index (χ3v) is 4.55. The van der Waals surface area contributed by atoms with Crippen LogP contribution in [0.25, 0.3) is 0 Å². The number of nitrogens with zero attached hydrogens (tertiary/aromatic N) is 3. The van der Waals surface area contributed by atoms with Gasteiger partial charge in [0, 0.05) is 43.4 Å². The quantitative estimate of drug-likeness (QED) is 0.875. The maximum absolute atomic E-state index is 12.4. The molecule has 5 nitrogen and oxygen atoms in total. The van der Waals surface area contributed by atoms with Crippen LogP contribution < -0.4 is 10.6 Å². The molecule has 1 amide bonds. The van der Waals surface area contributed by atoms with E-state index in [9.17, 15) is 4.79 Å². The van der Waals surface area contributed by atoms with E-state index in [0.29, 0.717) is 12.1 Å². The lowest BCUT2D eigenvalue weighted by molar-refractivity contribution is -0.130. The van der Waals surface area contributed by atoms with Crippen LogP contribution in [0.4, 0.5) is 10.8 Å². The Labute approximate surface area is 128 Å². The molecule has 0 atom stereocenters. The number of rotatable bonds is 3. The van der Waals surface area contributed by atoms with Gasteiger partial charge >= 0.3 is 0 Å². The minimum Gasteiger partial charge on any atom is -0.398 e. The zero-order valence-electron chi connectivity index (χ0n) is 11.7. The highest BCUT2D eigenvalue weighted by atomic mass is 32.1. The molecule has 110 valence electrons. The standard InChI is InChI=1S/C15H18N4OS/c16-13-4-2-1-3-12(13)11-14(20)18-6-8-19(9-7-18)15-17-5-10-21-15/h1-5,10H,6-9,11,16H2. The second-order valence-corrected chi connectivity index (χ2v) is 5.93. The van der Waals surface area contributed by atoms with Crippen LogP contribution in [-0.2, 0) is 11.2 Å². The molecule has 0 aliphatic carbocycles. The van der Waals surface area contributed by atoms with Crippen molar-refractivity contribution in [3.63, 3.8) is 0 Å². The first-order valence-corrected chi connectivity index (χ1v) is 7.87. The zero-order chi connectivity index (χ0) is 14.7. The number of para-hydroxylation sites is 1. The Bertz CT molecular complexity index is 606. The molecule has 6 heteroatoms. The third-order valence-electron chi connectivity index (χ3n) is 3.72. The summed E-state index contributed by atoms with van der Waals surface area (Å²) < 4.78 is 0. The summed E-state index contributed by atoms with van der Waals surface area (Å²) in [6.45, 7) is 3.16. The van der Waals surface area contributed by atoms with Crippen LogP contribution in [0, 0.1) is 0 Å². The first kappa shape index (κ1) is 13.9. The van der Waals surface area contributed by atoms with Crippen molar-refractivity contribution in [3.05, 3.63) is 41.4 Å². The number of hydrogen-bond acceptors (Lipinski definition) is 5. The summed E-state index contributed by atoms with van der Waals surface area (Å²) in [6, 6.07) is 7.55. The molecule has 1 saturated heterocycles. The fourth-order valence-electron chi connectivity index (χ4n) is 2.49. The number of carbonyl (C=O) groups is 1. The molecule has 1 aromatic heterocycles. The average Bonchev–Trinajstić information content (AvgIpc) is 3.04. The lowest BCUT2D eigenvalue weighted by Gasteiger charge is -2.34. The van der Waals surface area contributed by atoms with E-state index in [1.165, 1.54) is 0 Å². The summed E-state index contributed by atoms with van der Waals surface area (Å²) >= 11 is 1.64. The average molecular weight is 302 g/mol. The van der Waals surface area contributed by atoms with E-state index in [1.807, 2.05) is 40.7 Å². The molecule has 2 heterocycles. The van der Waals surface area contributed by atoms with Crippen LogP contribution in [0.5, 0.6) is 0 Å². The van der Waals surface area contributed by atoms with Crippen molar-refractivity contribution < 1.29 is 4.79 Å². The van der Waals surface area contributed by atoms with Gasteiger partial charge in [-0.1, -0.05) is 18.2 Å². The fraction of sp³-hybridized carbons (Fsp3) is 0.333. The molecule has 0 bridgehead atoms. The molecule has 3 rings (SSSR count). The van der Waals surface area contributed by atoms with Gasteiger partial charge in [-0.15, -0.1) is 11.3 Å². The van der Waals surface area contributed by atoms with Crippen molar-refractivity contribution in [3.8, 4) is 0 Å². The molecular formula is C15H18N4OS. The van der Waals surface area contributed by atoms with Gasteiger partial charge in [-0.25, -0.2) is 4.98 Å². The van der Waals surface area contributed by atoms with Gasteiger partial charge in [-0.05, 0) is 11.6 Å². The van der Waals surface area contributed by atoms with Gasteiger partial charge in [0.1, 0.15) is 0 Å². The SMILES string of the molecule is Nc1ccccc1CC(=O)N1CCN(c2nccs2)CC1. The van der Waals surface area contributed by atoms with Gasteiger partial charge in [0.2, 0.25) is 5.91 Å². The summed E-state index contributed by atoms with van der Waals surface area (Å²) in [5, 5.41) is 3.01. The van der Waals surface area contributed by atoms with Crippen molar-refractivity contribution >= 4 is 28.1 Å². The minimum atomic E-state index is 0.145. The Kier molecular flexibility index (Phi) is 4.06. The van der Waals surface area contributed by atoms with Crippen molar-refractivity contribution in [1.82, 2.24) is 9.88 Å². The Hall–Kier alpha value is -2.08. The number of hydrogen-bond donors (Lipinski definition) is 1. The van der Waals surface area contributed by atoms with Crippen LogP contribution in [0.1, 0.15) is 5.56 Å². The predicted molar refractivity (Wildman–Crippen MR) is 85.5 cm³/mol. The van der Waals surface area contributed by atoms with Gasteiger partial charge < -0.3 is 15.5 Å². The number of aromatic nitrogens is 1. The van der Waals surface area contributed by atoms with Crippen molar-refractivity contribution in [2.75, 3.05) is 36.8 Å². The highest BCUT2D eigenvalue weighted by Crippen LogP contribution is 2.19. The van der Waals surface area contributed by atoms with Crippen molar-refractivity contribution in [2.24, 2.45) is 0 Å². The maximum Gasteiger partial charge on any atom is 0.227 e. The molecule has 1 aromatic carbocycles. The summed E-state index contributed by atoms with van der Waals surface area (Å²) in [5.74, 6) is 0.145. The van der Waals surface area contributed by atoms with Crippen LogP contribution in [-0.4, -0.2) is 42.0 Å². The summed E-state index contributed by atoms with van der Waals surface area (Å²) in [7, 11) is 0. The Balaban J connectivity index is 1.57. The highest BCUT2D eigenvalue weighted by Gasteiger charge is 2.22. The monoisotopic (exact) mass is 302 g/mol. The first-order chi connectivity index (χ1) is 10.2. The molecule has 0 unspecified atom stereocenters. The van der Waals surface area contributed by atoms with Crippen LogP contribution in [0.3, 0.4) is 0 Å². The number of amides is 1. The molecule has 2 aromatic rings. The zero-order valence-corrected chi connectivity index (χ0v) is 12.6. The van der Waals surface area contributed by atoms with E-state index in [2.05, 4.69) is 9.88 Å². The highest BCUT2D eigenvalue weighted by molar-refractivity contribution is 7.13. The Morgan fingerprint density at radius 3 is 2.67 bits per heavy atom. The number of piperazine rings is 1. The fourth-order valence-corrected chi connectivity index (χ4v) is 3.19. The maximum atomic E-state index is 12.4. The molecule has 2 N–H and O–H groups in total. The van der Waals surface area contributed by atoms with E-state index in [0.717, 1.165) is 36.9 Å². The van der Waals surface area contributed by atoms with E-state index < -0.39 is 0 Å². The lowest BCUT2D eigenvalue weighted by Crippen LogP contribution is -2.49. The van der Waals surface area contributed by atoms with E-state index in [1.54, 1.807) is 11.3 Å². The van der Waals surface area contributed by atoms with Gasteiger partial charge in [0.05, 0.1) is 6.42 Å². The van der Waals surface area contributed by atoms with Gasteiger partial charge in [0.25, 0.3) is 0 Å². The smallest absolute Gasteiger partial charge is 0.227 e. The summed E-state index contributed by atoms with van der Waals surface area (Å²) in [5.41, 5.74) is 7.49. The number of benzene rings is 1. The lowest BCUT2D eigenvalue weighted by atomic mass is 10.1. The Morgan fingerprint density at radius 1 is 1.24 bits per heavy atom. The molecular weight excluding hydrogens is 284 g/mol. The largest absolute Gasteiger partial charge is 0.398 e. The topological polar surface area (TPSA) is 62.5 Å². The second kappa shape index (κ2) is 6.13. The molecule has 0 saturated carbocycles. The molecule has 0 spiro atoms. The third kappa shape index (κ3) is 3.16. The predicted octanol–water partition coefficient (Wildman–Crippen LogP) is 1.62. The van der Waals surface area contributed by atoms with E-state index in [4.69, 9.17) is 5.73 Å². The second-order valence-electron chi connectivity index (χ2n) is 5.06. The van der Waals surface area contributed by atoms with Gasteiger partial charge in [-0.3, -0.25) is 4.79 Å². The van der Waals surface area contributed by atoms with Crippen molar-refractivity contribution in [2.45, 2.75) is 6.42 Å². The number of thiazole rings is 1. The van der Waals surface area contributed by atoms with Gasteiger partial charge in [0.15, 0.2) is 5.13 Å². The first-order valence-electron chi connectivity index (χ1n) is 6.99. The minimum absolute atomic E-state index is 0.145. The van der Waals surface area contributed by atoms with Crippen LogP contribution >= 0.6 is 11.3 Å². The molecule has 0 radical (unpaired) electrons. The van der Waals surface area contributed by atoms with E-state index >= 15 is 0 Å².